The van der Waals surface area contributed by atoms with E-state index in [9.17, 15) is 0 Å². The molecule has 0 atom stereocenters. The molecule has 0 amide bonds. The summed E-state index contributed by atoms with van der Waals surface area (Å²) in [4.78, 5) is 4.88. The maximum atomic E-state index is 2.49. The largest absolute Gasteiger partial charge is 0.338 e. The van der Waals surface area contributed by atoms with Gasteiger partial charge in [0.2, 0.25) is 0 Å². The molecule has 3 heteroatoms. The smallest absolute Gasteiger partial charge is 0.252 e. The molecule has 5 aromatic rings. The molecule has 0 saturated heterocycles. The molecular weight excluding hydrogens is 507 g/mol. The lowest BCUT2D eigenvalue weighted by Gasteiger charge is -2.43. The fraction of sp³-hybridized carbons (Fsp3) is 0.0769. The highest BCUT2D eigenvalue weighted by Gasteiger charge is 2.41. The summed E-state index contributed by atoms with van der Waals surface area (Å²) in [6, 6.07) is 42.2. The quantitative estimate of drug-likeness (QED) is 0.159. The van der Waals surface area contributed by atoms with E-state index in [1.165, 1.54) is 61.4 Å². The van der Waals surface area contributed by atoms with Gasteiger partial charge in [0.05, 0.1) is 0 Å². The molecule has 42 heavy (non-hydrogen) atoms. The molecule has 7 rings (SSSR count). The Hall–Kier alpha value is -5.02. The van der Waals surface area contributed by atoms with Gasteiger partial charge >= 0.3 is 0 Å². The summed E-state index contributed by atoms with van der Waals surface area (Å²) in [6.45, 7) is 5.10. The van der Waals surface area contributed by atoms with Crippen molar-refractivity contribution in [2.24, 2.45) is 0 Å². The number of fused-ring (bicyclic) bond motifs is 4. The van der Waals surface area contributed by atoms with E-state index in [1.807, 2.05) is 0 Å². The summed E-state index contributed by atoms with van der Waals surface area (Å²) in [5.41, 5.74) is 14.0. The average molecular weight is 541 g/mol. The zero-order valence-electron chi connectivity index (χ0n) is 24.1. The van der Waals surface area contributed by atoms with Gasteiger partial charge in [0, 0.05) is 35.5 Å². The first-order chi connectivity index (χ1) is 20.8. The summed E-state index contributed by atoms with van der Waals surface area (Å²) in [7, 11) is 0. The van der Waals surface area contributed by atoms with Gasteiger partial charge in [-0.05, 0) is 76.8 Å². The van der Waals surface area contributed by atoms with E-state index in [2.05, 4.69) is 175 Å². The Kier molecular flexibility index (Phi) is 6.85. The Balaban J connectivity index is 1.46. The second-order valence-corrected chi connectivity index (χ2v) is 10.8. The van der Waals surface area contributed by atoms with Crippen molar-refractivity contribution in [2.75, 3.05) is 16.3 Å². The van der Waals surface area contributed by atoms with Crippen LogP contribution >= 0.6 is 0 Å². The topological polar surface area (TPSA) is 6.48 Å². The Morgan fingerprint density at radius 3 is 1.81 bits per heavy atom. The first-order valence-corrected chi connectivity index (χ1v) is 14.8. The molecule has 0 radical (unpaired) electrons. The molecule has 2 aliphatic heterocycles. The van der Waals surface area contributed by atoms with Crippen LogP contribution in [0.3, 0.4) is 0 Å². The maximum Gasteiger partial charge on any atom is 0.252 e. The average Bonchev–Trinajstić information content (AvgIpc) is 3.05. The lowest BCUT2D eigenvalue weighted by Crippen LogP contribution is -2.61. The molecule has 0 bridgehead atoms. The van der Waals surface area contributed by atoms with E-state index >= 15 is 0 Å². The monoisotopic (exact) mass is 540 g/mol. The van der Waals surface area contributed by atoms with Crippen molar-refractivity contribution in [2.45, 2.75) is 13.8 Å². The van der Waals surface area contributed by atoms with Gasteiger partial charge in [0.25, 0.3) is 6.71 Å². The minimum absolute atomic E-state index is 0.146. The fourth-order valence-electron chi connectivity index (χ4n) is 6.52. The van der Waals surface area contributed by atoms with Crippen molar-refractivity contribution in [1.82, 2.24) is 0 Å². The minimum atomic E-state index is 0.146. The predicted octanol–water partition coefficient (Wildman–Crippen LogP) is 8.11. The van der Waals surface area contributed by atoms with Crippen molar-refractivity contribution in [3.05, 3.63) is 152 Å². The lowest BCUT2D eigenvalue weighted by molar-refractivity contribution is 1.10. The summed E-state index contributed by atoms with van der Waals surface area (Å²) in [5.74, 6) is 0. The van der Waals surface area contributed by atoms with Gasteiger partial charge in [0.1, 0.15) is 0 Å². The van der Waals surface area contributed by atoms with Crippen LogP contribution in [0.25, 0.3) is 22.3 Å². The van der Waals surface area contributed by atoms with Crippen LogP contribution < -0.4 is 26.2 Å². The first-order valence-electron chi connectivity index (χ1n) is 14.8. The van der Waals surface area contributed by atoms with E-state index in [0.29, 0.717) is 0 Å². The van der Waals surface area contributed by atoms with Gasteiger partial charge in [-0.1, -0.05) is 121 Å². The van der Waals surface area contributed by atoms with Crippen LogP contribution in [0.1, 0.15) is 13.8 Å². The standard InChI is InChI=1S/C39H33BN2/c1-3-5-6-13-26-42-36-20-14-19-35-39(36)40(34-24-22-32(28-38(34)42)30-17-11-8-12-18-30)33-23-21-31(29-15-9-7-10-16-29)27-37(33)41(35)25-4-2/h3-25,27-28H,26H2,1-2H3/b5-3-,13-6-,25-4+. The van der Waals surface area contributed by atoms with Crippen LogP contribution in [0, 0.1) is 0 Å². The molecule has 0 N–H and O–H groups in total. The Morgan fingerprint density at radius 1 is 0.548 bits per heavy atom. The normalized spacial score (nSPS) is 13.6. The summed E-state index contributed by atoms with van der Waals surface area (Å²) >= 11 is 0. The highest BCUT2D eigenvalue weighted by atomic mass is 15.2. The number of anilines is 4. The van der Waals surface area contributed by atoms with Crippen LogP contribution in [-0.4, -0.2) is 13.3 Å². The Labute approximate surface area is 249 Å². The van der Waals surface area contributed by atoms with Crippen LogP contribution in [0.4, 0.5) is 22.7 Å². The lowest BCUT2D eigenvalue weighted by atomic mass is 9.33. The number of rotatable bonds is 6. The molecular formula is C39H33BN2. The number of nitrogens with zero attached hydrogens (tertiary/aromatic N) is 2. The Bertz CT molecular complexity index is 1840. The molecule has 0 saturated carbocycles. The van der Waals surface area contributed by atoms with Gasteiger partial charge in [-0.25, -0.2) is 0 Å². The van der Waals surface area contributed by atoms with Crippen molar-refractivity contribution in [3.63, 3.8) is 0 Å². The molecule has 0 spiro atoms. The number of benzene rings is 5. The molecule has 2 aliphatic rings. The fourth-order valence-corrected chi connectivity index (χ4v) is 6.52. The molecule has 202 valence electrons. The van der Waals surface area contributed by atoms with Crippen molar-refractivity contribution >= 4 is 45.9 Å². The number of allylic oxidation sites excluding steroid dienone is 4. The second-order valence-electron chi connectivity index (χ2n) is 10.8. The molecule has 2 nitrogen and oxygen atoms in total. The summed E-state index contributed by atoms with van der Waals surface area (Å²) in [6.07, 6.45) is 12.9. The third kappa shape index (κ3) is 4.39. The zero-order valence-corrected chi connectivity index (χ0v) is 24.1. The van der Waals surface area contributed by atoms with E-state index < -0.39 is 0 Å². The van der Waals surface area contributed by atoms with Gasteiger partial charge in [-0.3, -0.25) is 0 Å². The van der Waals surface area contributed by atoms with Gasteiger partial charge in [-0.15, -0.1) is 0 Å². The minimum Gasteiger partial charge on any atom is -0.338 e. The number of hydrogen-bond acceptors (Lipinski definition) is 2. The van der Waals surface area contributed by atoms with Gasteiger partial charge in [0.15, 0.2) is 0 Å². The van der Waals surface area contributed by atoms with Crippen molar-refractivity contribution < 1.29 is 0 Å². The molecule has 0 aliphatic carbocycles. The summed E-state index contributed by atoms with van der Waals surface area (Å²) in [5, 5.41) is 0. The molecule has 0 fully saturated rings. The van der Waals surface area contributed by atoms with E-state index in [-0.39, 0.29) is 6.71 Å². The highest BCUT2D eigenvalue weighted by molar-refractivity contribution is 7.00. The highest BCUT2D eigenvalue weighted by Crippen LogP contribution is 2.39. The first kappa shape index (κ1) is 25.9. The van der Waals surface area contributed by atoms with E-state index in [0.717, 1.165) is 6.54 Å². The third-order valence-corrected chi connectivity index (χ3v) is 8.37. The zero-order chi connectivity index (χ0) is 28.5. The molecule has 5 aromatic carbocycles. The van der Waals surface area contributed by atoms with Crippen LogP contribution in [0.2, 0.25) is 0 Å². The third-order valence-electron chi connectivity index (χ3n) is 8.37. The predicted molar refractivity (Wildman–Crippen MR) is 183 cm³/mol. The Morgan fingerprint density at radius 2 is 1.17 bits per heavy atom. The SMILES string of the molecule is C/C=C\C=C/CN1c2cc(-c3ccccc3)ccc2B2c3ccc(-c4ccccc4)cc3N(/C=C/C)c3cccc1c32. The van der Waals surface area contributed by atoms with Crippen molar-refractivity contribution in [3.8, 4) is 22.3 Å². The molecule has 0 aromatic heterocycles. The summed E-state index contributed by atoms with van der Waals surface area (Å²) < 4.78 is 0. The molecule has 0 unspecified atom stereocenters. The molecule has 2 heterocycles. The maximum absolute atomic E-state index is 2.49. The van der Waals surface area contributed by atoms with Gasteiger partial charge < -0.3 is 9.80 Å². The van der Waals surface area contributed by atoms with Crippen LogP contribution in [0.5, 0.6) is 0 Å². The van der Waals surface area contributed by atoms with E-state index in [1.54, 1.807) is 0 Å². The second kappa shape index (κ2) is 11.1. The van der Waals surface area contributed by atoms with Gasteiger partial charge in [-0.2, -0.15) is 0 Å². The number of hydrogen-bond donors (Lipinski definition) is 0. The van der Waals surface area contributed by atoms with E-state index in [4.69, 9.17) is 0 Å². The van der Waals surface area contributed by atoms with Crippen LogP contribution in [0.15, 0.2) is 152 Å². The van der Waals surface area contributed by atoms with Crippen LogP contribution in [-0.2, 0) is 0 Å². The van der Waals surface area contributed by atoms with Crippen molar-refractivity contribution in [1.29, 1.82) is 0 Å².